The summed E-state index contributed by atoms with van der Waals surface area (Å²) in [6, 6.07) is 9.04. The number of nitro benzene ring substituents is 1. The van der Waals surface area contributed by atoms with E-state index in [-0.39, 0.29) is 11.4 Å². The molecule has 148 valence electrons. The maximum absolute atomic E-state index is 13.8. The molecule has 0 fully saturated rings. The van der Waals surface area contributed by atoms with Crippen molar-refractivity contribution in [1.82, 2.24) is 9.97 Å². The Morgan fingerprint density at radius 2 is 2.07 bits per heavy atom. The predicted molar refractivity (Wildman–Crippen MR) is 108 cm³/mol. The van der Waals surface area contributed by atoms with Gasteiger partial charge >= 0.3 is 5.69 Å². The number of nitrogens with zero attached hydrogens (tertiary/aromatic N) is 4. The molecule has 0 spiro atoms. The molecule has 0 saturated carbocycles. The highest BCUT2D eigenvalue weighted by Gasteiger charge is 2.19. The van der Waals surface area contributed by atoms with E-state index in [2.05, 4.69) is 20.3 Å². The highest BCUT2D eigenvalue weighted by atomic mass is 19.1. The second kappa shape index (κ2) is 8.30. The fourth-order valence-corrected chi connectivity index (χ4v) is 2.66. The summed E-state index contributed by atoms with van der Waals surface area (Å²) in [5.74, 6) is -0.556. The molecule has 1 heterocycles. The van der Waals surface area contributed by atoms with Gasteiger partial charge in [0.25, 0.3) is 0 Å². The molecule has 9 nitrogen and oxygen atoms in total. The number of ether oxygens (including phenoxy) is 1. The lowest BCUT2D eigenvalue weighted by Crippen LogP contribution is -2.01. The van der Waals surface area contributed by atoms with Crippen molar-refractivity contribution in [1.29, 1.82) is 0 Å². The van der Waals surface area contributed by atoms with Crippen molar-refractivity contribution < 1.29 is 14.1 Å². The molecule has 0 radical (unpaired) electrons. The van der Waals surface area contributed by atoms with Crippen LogP contribution >= 0.6 is 0 Å². The summed E-state index contributed by atoms with van der Waals surface area (Å²) in [6.45, 7) is 0. The number of rotatable bonds is 6. The first-order valence-electron chi connectivity index (χ1n) is 8.36. The van der Waals surface area contributed by atoms with Crippen LogP contribution in [0.2, 0.25) is 0 Å². The number of nitrogen functional groups attached to an aromatic ring is 1. The van der Waals surface area contributed by atoms with Gasteiger partial charge in [-0.25, -0.2) is 9.97 Å². The molecule has 0 aliphatic carbocycles. The molecule has 2 aromatic carbocycles. The molecule has 3 rings (SSSR count). The van der Waals surface area contributed by atoms with Gasteiger partial charge in [-0.3, -0.25) is 15.1 Å². The van der Waals surface area contributed by atoms with Crippen LogP contribution in [0.4, 0.5) is 27.3 Å². The van der Waals surface area contributed by atoms with Crippen LogP contribution in [0, 0.1) is 15.9 Å². The number of nitrogens with one attached hydrogen (secondary N) is 1. The molecule has 0 aliphatic heterocycles. The summed E-state index contributed by atoms with van der Waals surface area (Å²) in [6.07, 6.45) is 2.99. The summed E-state index contributed by atoms with van der Waals surface area (Å²) < 4.78 is 18.9. The molecule has 0 atom stereocenters. The monoisotopic (exact) mass is 396 g/mol. The van der Waals surface area contributed by atoms with Crippen molar-refractivity contribution in [2.24, 2.45) is 4.99 Å². The molecule has 0 aliphatic rings. The first kappa shape index (κ1) is 19.7. The van der Waals surface area contributed by atoms with E-state index in [1.807, 2.05) is 12.1 Å². The van der Waals surface area contributed by atoms with Crippen LogP contribution in [0.5, 0.6) is 5.75 Å². The Balaban J connectivity index is 1.96. The molecule has 29 heavy (non-hydrogen) atoms. The first-order valence-corrected chi connectivity index (χ1v) is 8.36. The van der Waals surface area contributed by atoms with Gasteiger partial charge in [-0.15, -0.1) is 0 Å². The summed E-state index contributed by atoms with van der Waals surface area (Å²) in [7, 11) is 2.99. The lowest BCUT2D eigenvalue weighted by molar-refractivity contribution is -0.387. The number of hydrogen-bond acceptors (Lipinski definition) is 8. The van der Waals surface area contributed by atoms with Gasteiger partial charge < -0.3 is 15.8 Å². The number of nitrogens with two attached hydrogens (primary N) is 1. The third kappa shape index (κ3) is 4.26. The second-order valence-corrected chi connectivity index (χ2v) is 5.91. The molecule has 0 bridgehead atoms. The number of methoxy groups -OCH3 is 1. The smallest absolute Gasteiger partial charge is 0.307 e. The van der Waals surface area contributed by atoms with Gasteiger partial charge in [0.1, 0.15) is 17.9 Å². The summed E-state index contributed by atoms with van der Waals surface area (Å²) in [5, 5.41) is 13.9. The Hall–Kier alpha value is -4.08. The fraction of sp³-hybridized carbons (Fsp3) is 0.105. The van der Waals surface area contributed by atoms with Gasteiger partial charge in [-0.1, -0.05) is 12.1 Å². The number of anilines is 3. The Morgan fingerprint density at radius 3 is 2.72 bits per heavy atom. The van der Waals surface area contributed by atoms with Crippen molar-refractivity contribution in [3.63, 3.8) is 0 Å². The average Bonchev–Trinajstić information content (AvgIpc) is 2.70. The zero-order valence-electron chi connectivity index (χ0n) is 15.6. The van der Waals surface area contributed by atoms with Crippen LogP contribution in [0.25, 0.3) is 11.3 Å². The van der Waals surface area contributed by atoms with Gasteiger partial charge in [-0.05, 0) is 6.07 Å². The molecule has 3 aromatic rings. The van der Waals surface area contributed by atoms with Crippen LogP contribution in [-0.4, -0.2) is 35.3 Å². The van der Waals surface area contributed by atoms with Crippen molar-refractivity contribution in [2.45, 2.75) is 0 Å². The Kier molecular flexibility index (Phi) is 5.63. The first-order chi connectivity index (χ1) is 13.9. The number of aliphatic imine (C=N–C) groups is 1. The summed E-state index contributed by atoms with van der Waals surface area (Å²) in [4.78, 5) is 22.5. The average molecular weight is 396 g/mol. The number of hydrogen-bond donors (Lipinski definition) is 2. The Bertz CT molecular complexity index is 1100. The highest BCUT2D eigenvalue weighted by Crippen LogP contribution is 2.34. The van der Waals surface area contributed by atoms with E-state index in [0.29, 0.717) is 17.2 Å². The maximum atomic E-state index is 13.8. The van der Waals surface area contributed by atoms with Crippen molar-refractivity contribution in [3.8, 4) is 17.0 Å². The summed E-state index contributed by atoms with van der Waals surface area (Å²) >= 11 is 0. The number of halogens is 1. The van der Waals surface area contributed by atoms with E-state index in [1.54, 1.807) is 25.4 Å². The van der Waals surface area contributed by atoms with Crippen LogP contribution in [0.3, 0.4) is 0 Å². The van der Waals surface area contributed by atoms with E-state index in [1.165, 1.54) is 13.4 Å². The van der Waals surface area contributed by atoms with Crippen LogP contribution in [0.1, 0.15) is 5.56 Å². The van der Waals surface area contributed by atoms with E-state index in [9.17, 15) is 14.5 Å². The lowest BCUT2D eigenvalue weighted by Gasteiger charge is -2.12. The van der Waals surface area contributed by atoms with E-state index >= 15 is 0 Å². The lowest BCUT2D eigenvalue weighted by atomic mass is 10.1. The maximum Gasteiger partial charge on any atom is 0.307 e. The molecule has 3 N–H and O–H groups in total. The zero-order valence-corrected chi connectivity index (χ0v) is 15.6. The summed E-state index contributed by atoms with van der Waals surface area (Å²) in [5.41, 5.74) is 8.20. The van der Waals surface area contributed by atoms with Gasteiger partial charge in [0.15, 0.2) is 0 Å². The predicted octanol–water partition coefficient (Wildman–Crippen LogP) is 3.57. The molecule has 1 aromatic heterocycles. The van der Waals surface area contributed by atoms with Crippen molar-refractivity contribution >= 4 is 29.1 Å². The SMILES string of the molecule is CN=Cc1ccc(-c2cc(Nc3cc([N+](=O)[O-])c(F)cc3OC)ncn2)cc1N. The molecule has 0 saturated heterocycles. The second-order valence-electron chi connectivity index (χ2n) is 5.91. The minimum atomic E-state index is -0.994. The number of benzene rings is 2. The number of nitro groups is 1. The minimum Gasteiger partial charge on any atom is -0.494 e. The Labute approximate surface area is 165 Å². The fourth-order valence-electron chi connectivity index (χ4n) is 2.66. The minimum absolute atomic E-state index is 0.0979. The largest absolute Gasteiger partial charge is 0.494 e. The number of aromatic nitrogens is 2. The standard InChI is InChI=1S/C19H17FN6O3/c1-22-9-12-4-3-11(5-14(12)21)15-8-19(24-10-23-15)25-16-7-17(26(27)28)13(20)6-18(16)29-2/h3-10H,21H2,1-2H3,(H,23,24,25). The van der Waals surface area contributed by atoms with Gasteiger partial charge in [0, 0.05) is 48.3 Å². The molecule has 0 unspecified atom stereocenters. The third-order valence-corrected chi connectivity index (χ3v) is 4.05. The zero-order chi connectivity index (χ0) is 21.0. The molecule has 10 heteroatoms. The van der Waals surface area contributed by atoms with Crippen molar-refractivity contribution in [3.05, 3.63) is 64.2 Å². The topological polar surface area (TPSA) is 129 Å². The third-order valence-electron chi connectivity index (χ3n) is 4.05. The highest BCUT2D eigenvalue weighted by molar-refractivity contribution is 5.88. The molecular formula is C19H17FN6O3. The Morgan fingerprint density at radius 1 is 1.28 bits per heavy atom. The molecule has 0 amide bonds. The van der Waals surface area contributed by atoms with Gasteiger partial charge in [0.05, 0.1) is 23.4 Å². The van der Waals surface area contributed by atoms with Gasteiger partial charge in [-0.2, -0.15) is 4.39 Å². The van der Waals surface area contributed by atoms with E-state index in [0.717, 1.165) is 23.3 Å². The van der Waals surface area contributed by atoms with E-state index < -0.39 is 16.4 Å². The van der Waals surface area contributed by atoms with Crippen LogP contribution in [-0.2, 0) is 0 Å². The van der Waals surface area contributed by atoms with Gasteiger partial charge in [0.2, 0.25) is 5.82 Å². The normalized spacial score (nSPS) is 10.9. The van der Waals surface area contributed by atoms with Crippen LogP contribution < -0.4 is 15.8 Å². The van der Waals surface area contributed by atoms with E-state index in [4.69, 9.17) is 10.5 Å². The van der Waals surface area contributed by atoms with Crippen LogP contribution in [0.15, 0.2) is 47.7 Å². The quantitative estimate of drug-likeness (QED) is 0.282. The molecular weight excluding hydrogens is 379 g/mol. The van der Waals surface area contributed by atoms with Crippen molar-refractivity contribution in [2.75, 3.05) is 25.2 Å².